The van der Waals surface area contributed by atoms with E-state index in [1.165, 1.54) is 6.20 Å². The molecular weight excluding hydrogens is 242 g/mol. The van der Waals surface area contributed by atoms with Crippen molar-refractivity contribution in [2.24, 2.45) is 7.05 Å². The standard InChI is InChI=1S/C9H11N5O2S/c1-6-7(5-13(2)12-6)3-10-9-11-4-8(17-9)14(15)16/h4-5H,3H2,1-2H3,(H,10,11). The SMILES string of the molecule is Cc1nn(C)cc1CNc1ncc([N+](=O)[O-])s1. The summed E-state index contributed by atoms with van der Waals surface area (Å²) >= 11 is 1.02. The first-order chi connectivity index (χ1) is 8.06. The maximum atomic E-state index is 10.5. The van der Waals surface area contributed by atoms with Crippen LogP contribution in [-0.2, 0) is 13.6 Å². The van der Waals surface area contributed by atoms with Gasteiger partial charge in [-0.15, -0.1) is 0 Å². The molecule has 0 aromatic carbocycles. The molecule has 0 aliphatic carbocycles. The molecule has 2 aromatic heterocycles. The highest BCUT2D eigenvalue weighted by atomic mass is 32.1. The smallest absolute Gasteiger partial charge is 0.345 e. The van der Waals surface area contributed by atoms with E-state index in [1.54, 1.807) is 4.68 Å². The molecule has 0 fully saturated rings. The zero-order valence-electron chi connectivity index (χ0n) is 9.38. The Morgan fingerprint density at radius 1 is 1.65 bits per heavy atom. The Morgan fingerprint density at radius 2 is 2.41 bits per heavy atom. The quantitative estimate of drug-likeness (QED) is 0.662. The first kappa shape index (κ1) is 11.5. The Bertz CT molecular complexity index is 547. The molecule has 0 bridgehead atoms. The van der Waals surface area contributed by atoms with Crippen LogP contribution in [0.4, 0.5) is 10.1 Å². The minimum atomic E-state index is -0.446. The molecule has 1 N–H and O–H groups in total. The summed E-state index contributed by atoms with van der Waals surface area (Å²) in [6.45, 7) is 2.48. The third-order valence-corrected chi connectivity index (χ3v) is 3.13. The molecule has 0 atom stereocenters. The predicted molar refractivity (Wildman–Crippen MR) is 64.0 cm³/mol. The molecule has 90 valence electrons. The van der Waals surface area contributed by atoms with E-state index < -0.39 is 4.92 Å². The van der Waals surface area contributed by atoms with E-state index in [2.05, 4.69) is 15.4 Å². The van der Waals surface area contributed by atoms with Gasteiger partial charge in [-0.05, 0) is 18.3 Å². The van der Waals surface area contributed by atoms with Crippen molar-refractivity contribution in [1.29, 1.82) is 0 Å². The van der Waals surface area contributed by atoms with E-state index in [9.17, 15) is 10.1 Å². The van der Waals surface area contributed by atoms with Crippen LogP contribution in [0, 0.1) is 17.0 Å². The summed E-state index contributed by atoms with van der Waals surface area (Å²) in [5.74, 6) is 0. The highest BCUT2D eigenvalue weighted by molar-refractivity contribution is 7.18. The fourth-order valence-electron chi connectivity index (χ4n) is 1.42. The van der Waals surface area contributed by atoms with Crippen LogP contribution < -0.4 is 5.32 Å². The summed E-state index contributed by atoms with van der Waals surface area (Å²) in [6, 6.07) is 0. The molecule has 0 saturated carbocycles. The summed E-state index contributed by atoms with van der Waals surface area (Å²) in [4.78, 5) is 14.0. The summed E-state index contributed by atoms with van der Waals surface area (Å²) in [6.07, 6.45) is 3.16. The van der Waals surface area contributed by atoms with Crippen molar-refractivity contribution in [3.05, 3.63) is 33.8 Å². The van der Waals surface area contributed by atoms with Crippen molar-refractivity contribution in [1.82, 2.24) is 14.8 Å². The number of anilines is 1. The average molecular weight is 253 g/mol. The molecule has 0 aliphatic heterocycles. The van der Waals surface area contributed by atoms with Crippen LogP contribution >= 0.6 is 11.3 Å². The molecule has 17 heavy (non-hydrogen) atoms. The molecule has 0 saturated heterocycles. The molecule has 7 nitrogen and oxygen atoms in total. The van der Waals surface area contributed by atoms with Crippen molar-refractivity contribution < 1.29 is 4.92 Å². The van der Waals surface area contributed by atoms with Crippen LogP contribution in [-0.4, -0.2) is 19.7 Å². The van der Waals surface area contributed by atoms with Gasteiger partial charge < -0.3 is 5.32 Å². The van der Waals surface area contributed by atoms with Crippen LogP contribution in [0.5, 0.6) is 0 Å². The number of nitro groups is 1. The van der Waals surface area contributed by atoms with Crippen LogP contribution in [0.3, 0.4) is 0 Å². The third kappa shape index (κ3) is 2.59. The minimum absolute atomic E-state index is 0.0374. The van der Waals surface area contributed by atoms with E-state index in [4.69, 9.17) is 0 Å². The Kier molecular flexibility index (Phi) is 3.05. The number of thiazole rings is 1. The van der Waals surface area contributed by atoms with Gasteiger partial charge in [0, 0.05) is 25.4 Å². The molecule has 0 unspecified atom stereocenters. The van der Waals surface area contributed by atoms with Crippen molar-refractivity contribution >= 4 is 21.5 Å². The van der Waals surface area contributed by atoms with Crippen molar-refractivity contribution in [3.63, 3.8) is 0 Å². The fraction of sp³-hybridized carbons (Fsp3) is 0.333. The van der Waals surface area contributed by atoms with Crippen molar-refractivity contribution in [2.75, 3.05) is 5.32 Å². The van der Waals surface area contributed by atoms with Gasteiger partial charge in [-0.25, -0.2) is 4.98 Å². The monoisotopic (exact) mass is 253 g/mol. The van der Waals surface area contributed by atoms with Crippen molar-refractivity contribution in [2.45, 2.75) is 13.5 Å². The van der Waals surface area contributed by atoms with Gasteiger partial charge in [-0.3, -0.25) is 14.8 Å². The van der Waals surface area contributed by atoms with Crippen LogP contribution in [0.25, 0.3) is 0 Å². The number of nitrogens with one attached hydrogen (secondary N) is 1. The summed E-state index contributed by atoms with van der Waals surface area (Å²) in [5, 5.41) is 18.3. The number of aryl methyl sites for hydroxylation is 2. The summed E-state index contributed by atoms with van der Waals surface area (Å²) < 4.78 is 1.73. The lowest BCUT2D eigenvalue weighted by molar-refractivity contribution is -0.380. The Balaban J connectivity index is 2.02. The second kappa shape index (κ2) is 4.50. The van der Waals surface area contributed by atoms with E-state index in [-0.39, 0.29) is 5.00 Å². The first-order valence-electron chi connectivity index (χ1n) is 4.89. The zero-order valence-corrected chi connectivity index (χ0v) is 10.2. The second-order valence-corrected chi connectivity index (χ2v) is 4.54. The van der Waals surface area contributed by atoms with Crippen LogP contribution in [0.2, 0.25) is 0 Å². The molecule has 2 rings (SSSR count). The largest absolute Gasteiger partial charge is 0.357 e. The first-order valence-corrected chi connectivity index (χ1v) is 5.71. The van der Waals surface area contributed by atoms with Gasteiger partial charge in [0.2, 0.25) is 0 Å². The van der Waals surface area contributed by atoms with Gasteiger partial charge in [-0.1, -0.05) is 0 Å². The number of rotatable bonds is 4. The van der Waals surface area contributed by atoms with E-state index in [0.29, 0.717) is 11.7 Å². The molecular formula is C9H11N5O2S. The molecule has 0 spiro atoms. The van der Waals surface area contributed by atoms with Crippen LogP contribution in [0.15, 0.2) is 12.4 Å². The molecule has 2 aromatic rings. The second-order valence-electron chi connectivity index (χ2n) is 3.53. The van der Waals surface area contributed by atoms with Gasteiger partial charge >= 0.3 is 5.00 Å². The lowest BCUT2D eigenvalue weighted by Gasteiger charge is -1.99. The number of nitrogens with zero attached hydrogens (tertiary/aromatic N) is 4. The molecule has 0 aliphatic rings. The minimum Gasteiger partial charge on any atom is -0.357 e. The predicted octanol–water partition coefficient (Wildman–Crippen LogP) is 1.71. The highest BCUT2D eigenvalue weighted by Crippen LogP contribution is 2.25. The van der Waals surface area contributed by atoms with Gasteiger partial charge in [0.25, 0.3) is 0 Å². The fourth-order valence-corrected chi connectivity index (χ4v) is 2.05. The Hall–Kier alpha value is -1.96. The van der Waals surface area contributed by atoms with E-state index in [1.807, 2.05) is 20.2 Å². The molecule has 0 radical (unpaired) electrons. The lowest BCUT2D eigenvalue weighted by Crippen LogP contribution is -1.98. The van der Waals surface area contributed by atoms with Gasteiger partial charge in [0.1, 0.15) is 6.20 Å². The van der Waals surface area contributed by atoms with E-state index >= 15 is 0 Å². The van der Waals surface area contributed by atoms with E-state index in [0.717, 1.165) is 22.6 Å². The highest BCUT2D eigenvalue weighted by Gasteiger charge is 2.11. The van der Waals surface area contributed by atoms with Crippen LogP contribution in [0.1, 0.15) is 11.3 Å². The molecule has 2 heterocycles. The normalized spacial score (nSPS) is 10.5. The average Bonchev–Trinajstić information content (AvgIpc) is 2.82. The van der Waals surface area contributed by atoms with Gasteiger partial charge in [0.15, 0.2) is 5.13 Å². The Morgan fingerprint density at radius 3 is 2.94 bits per heavy atom. The zero-order chi connectivity index (χ0) is 12.4. The van der Waals surface area contributed by atoms with Crippen molar-refractivity contribution in [3.8, 4) is 0 Å². The number of hydrogen-bond donors (Lipinski definition) is 1. The topological polar surface area (TPSA) is 85.9 Å². The summed E-state index contributed by atoms with van der Waals surface area (Å²) in [7, 11) is 1.85. The third-order valence-electron chi connectivity index (χ3n) is 2.22. The number of aromatic nitrogens is 3. The molecule has 8 heteroatoms. The molecule has 0 amide bonds. The maximum absolute atomic E-state index is 10.5. The maximum Gasteiger partial charge on any atom is 0.345 e. The van der Waals surface area contributed by atoms with Gasteiger partial charge in [-0.2, -0.15) is 5.10 Å². The Labute approximate surface area is 101 Å². The summed E-state index contributed by atoms with van der Waals surface area (Å²) in [5.41, 5.74) is 1.98. The lowest BCUT2D eigenvalue weighted by atomic mass is 10.3. The van der Waals surface area contributed by atoms with Gasteiger partial charge in [0.05, 0.1) is 10.6 Å². The number of hydrogen-bond acceptors (Lipinski definition) is 6.